The Morgan fingerprint density at radius 2 is 1.17 bits per heavy atom. The Hall–Kier alpha value is -1.11. The maximum absolute atomic E-state index is 6.56. The summed E-state index contributed by atoms with van der Waals surface area (Å²) in [5.41, 5.74) is 3.35. The summed E-state index contributed by atoms with van der Waals surface area (Å²) in [5.74, 6) is 0. The minimum Gasteiger partial charge on any atom is -0.403 e. The van der Waals surface area contributed by atoms with E-state index >= 15 is 0 Å². The van der Waals surface area contributed by atoms with Gasteiger partial charge in [0.1, 0.15) is 0 Å². The first-order valence-corrected chi connectivity index (χ1v) is 16.5. The molecule has 4 nitrogen and oxygen atoms in total. The van der Waals surface area contributed by atoms with Crippen LogP contribution in [0.15, 0.2) is 48.2 Å². The van der Waals surface area contributed by atoms with E-state index in [0.717, 1.165) is 6.42 Å². The molecule has 2 aliphatic heterocycles. The maximum Gasteiger partial charge on any atom is 0.465 e. The van der Waals surface area contributed by atoms with Gasteiger partial charge in [-0.3, -0.25) is 0 Å². The van der Waals surface area contributed by atoms with E-state index in [4.69, 9.17) is 18.6 Å². The summed E-state index contributed by atoms with van der Waals surface area (Å²) in [6.45, 7) is 26.0. The van der Waals surface area contributed by atoms with Gasteiger partial charge in [-0.2, -0.15) is 0 Å². The van der Waals surface area contributed by atoms with E-state index in [2.05, 4.69) is 130 Å². The van der Waals surface area contributed by atoms with Gasteiger partial charge < -0.3 is 18.6 Å². The van der Waals surface area contributed by atoms with Crippen molar-refractivity contribution in [2.75, 3.05) is 0 Å². The largest absolute Gasteiger partial charge is 0.465 e. The van der Waals surface area contributed by atoms with Crippen LogP contribution >= 0.6 is 0 Å². The van der Waals surface area contributed by atoms with Crippen molar-refractivity contribution in [3.63, 3.8) is 0 Å². The van der Waals surface area contributed by atoms with Crippen LogP contribution in [0, 0.1) is 0 Å². The van der Waals surface area contributed by atoms with E-state index in [9.17, 15) is 0 Å². The number of hydrogen-bond donors (Lipinski definition) is 0. The molecule has 0 saturated carbocycles. The van der Waals surface area contributed by atoms with Crippen LogP contribution in [-0.4, -0.2) is 44.7 Å². The van der Waals surface area contributed by atoms with Crippen LogP contribution < -0.4 is 0 Å². The van der Waals surface area contributed by atoms with Crippen LogP contribution in [0.25, 0.3) is 5.57 Å². The summed E-state index contributed by atoms with van der Waals surface area (Å²) < 4.78 is 26.2. The summed E-state index contributed by atoms with van der Waals surface area (Å²) in [7, 11) is -2.42. The zero-order valence-corrected chi connectivity index (χ0v) is 25.1. The van der Waals surface area contributed by atoms with Crippen molar-refractivity contribution in [1.29, 1.82) is 0 Å². The van der Waals surface area contributed by atoms with Gasteiger partial charge in [0.25, 0.3) is 0 Å². The molecular weight excluding hydrogens is 450 g/mol. The molecule has 2 aliphatic rings. The van der Waals surface area contributed by atoms with E-state index in [1.165, 1.54) is 11.1 Å². The van der Waals surface area contributed by atoms with Crippen LogP contribution in [0.3, 0.4) is 0 Å². The molecule has 0 N–H and O–H groups in total. The molecule has 1 aromatic carbocycles. The van der Waals surface area contributed by atoms with Crippen LogP contribution in [0.2, 0.25) is 24.9 Å². The third-order valence-electron chi connectivity index (χ3n) is 8.09. The Labute approximate surface area is 216 Å². The minimum absolute atomic E-state index is 0.441. The first kappa shape index (κ1) is 28.5. The molecule has 35 heavy (non-hydrogen) atoms. The van der Waals surface area contributed by atoms with Crippen LogP contribution in [0.4, 0.5) is 0 Å². The molecule has 0 atom stereocenters. The van der Waals surface area contributed by atoms with Gasteiger partial charge in [-0.1, -0.05) is 74.7 Å². The summed E-state index contributed by atoms with van der Waals surface area (Å²) in [5, 5.41) is -0.642. The Morgan fingerprint density at radius 3 is 1.54 bits per heavy atom. The van der Waals surface area contributed by atoms with Gasteiger partial charge in [0.2, 0.25) is 0 Å². The van der Waals surface area contributed by atoms with Crippen LogP contribution in [0.5, 0.6) is 0 Å². The number of benzene rings is 1. The van der Waals surface area contributed by atoms with E-state index in [1.807, 2.05) is 0 Å². The van der Waals surface area contributed by atoms with Crippen molar-refractivity contribution in [2.24, 2.45) is 0 Å². The molecular formula is C28H46B2O4Si. The molecule has 0 radical (unpaired) electrons. The van der Waals surface area contributed by atoms with Crippen LogP contribution in [-0.2, 0) is 18.6 Å². The fourth-order valence-corrected chi connectivity index (χ4v) is 5.67. The lowest BCUT2D eigenvalue weighted by atomic mass is 9.39. The number of rotatable bonds is 7. The molecule has 0 unspecified atom stereocenters. The van der Waals surface area contributed by atoms with Crippen LogP contribution in [0.1, 0.15) is 74.3 Å². The highest BCUT2D eigenvalue weighted by Gasteiger charge is 2.66. The molecule has 1 aromatic rings. The molecule has 2 saturated heterocycles. The average Bonchev–Trinajstić information content (AvgIpc) is 3.07. The van der Waals surface area contributed by atoms with Gasteiger partial charge in [-0.15, -0.1) is 0 Å². The van der Waals surface area contributed by atoms with Crippen molar-refractivity contribution in [1.82, 2.24) is 0 Å². The highest BCUT2D eigenvalue weighted by atomic mass is 28.3. The van der Waals surface area contributed by atoms with Gasteiger partial charge in [-0.25, -0.2) is 0 Å². The van der Waals surface area contributed by atoms with Crippen molar-refractivity contribution in [3.8, 4) is 0 Å². The monoisotopic (exact) mass is 496 g/mol. The summed E-state index contributed by atoms with van der Waals surface area (Å²) in [4.78, 5) is 0. The van der Waals surface area contributed by atoms with Crippen molar-refractivity contribution in [3.05, 3.63) is 53.7 Å². The Morgan fingerprint density at radius 1 is 0.771 bits per heavy atom. The normalized spacial score (nSPS) is 23.9. The summed E-state index contributed by atoms with van der Waals surface area (Å²) in [6.07, 6.45) is 5.27. The highest BCUT2D eigenvalue weighted by molar-refractivity contribution is 6.81. The Bertz CT molecular complexity index is 893. The third kappa shape index (κ3) is 5.91. The molecule has 0 bridgehead atoms. The molecule has 0 spiro atoms. The molecule has 2 heterocycles. The third-order valence-corrected chi connectivity index (χ3v) is 9.30. The predicted molar refractivity (Wildman–Crippen MR) is 152 cm³/mol. The molecule has 192 valence electrons. The van der Waals surface area contributed by atoms with E-state index in [1.54, 1.807) is 0 Å². The molecule has 0 aromatic heterocycles. The quantitative estimate of drug-likeness (QED) is 0.292. The topological polar surface area (TPSA) is 36.9 Å². The van der Waals surface area contributed by atoms with Gasteiger partial charge in [0.05, 0.1) is 35.7 Å². The fourth-order valence-electron chi connectivity index (χ4n) is 4.34. The second kappa shape index (κ2) is 9.32. The van der Waals surface area contributed by atoms with Crippen molar-refractivity contribution >= 4 is 27.9 Å². The fraction of sp³-hybridized carbons (Fsp3) is 0.643. The van der Waals surface area contributed by atoms with E-state index < -0.39 is 49.9 Å². The Balaban J connectivity index is 1.98. The first-order valence-electron chi connectivity index (χ1n) is 13.0. The highest BCUT2D eigenvalue weighted by Crippen LogP contribution is 2.52. The zero-order valence-electron chi connectivity index (χ0n) is 24.1. The second-order valence-corrected chi connectivity index (χ2v) is 18.6. The smallest absolute Gasteiger partial charge is 0.403 e. The van der Waals surface area contributed by atoms with Gasteiger partial charge in [-0.05, 0) is 72.9 Å². The maximum atomic E-state index is 6.56. The first-order chi connectivity index (χ1) is 15.8. The van der Waals surface area contributed by atoms with Gasteiger partial charge >= 0.3 is 14.2 Å². The molecule has 3 rings (SSSR count). The van der Waals surface area contributed by atoms with E-state index in [-0.39, 0.29) is 0 Å². The van der Waals surface area contributed by atoms with E-state index in [0.29, 0.717) is 0 Å². The lowest BCUT2D eigenvalue weighted by molar-refractivity contribution is 0.00578. The number of allylic oxidation sites excluding steroid dienone is 3. The predicted octanol–water partition coefficient (Wildman–Crippen LogP) is 7.38. The van der Waals surface area contributed by atoms with Gasteiger partial charge in [0, 0.05) is 0 Å². The molecule has 0 amide bonds. The number of hydrogen-bond acceptors (Lipinski definition) is 4. The second-order valence-electron chi connectivity index (χ2n) is 13.6. The SMILES string of the molecule is CC(/C=C/C/C(=C/[Si](C)(C)C)c1ccccc1)(B1OC(C)(C)C(C)(C)O1)B1OC(C)(C)C(C)(C)O1. The summed E-state index contributed by atoms with van der Waals surface area (Å²) in [6, 6.07) is 10.7. The molecule has 7 heteroatoms. The average molecular weight is 496 g/mol. The molecule has 2 fully saturated rings. The van der Waals surface area contributed by atoms with Crippen molar-refractivity contribution < 1.29 is 18.6 Å². The Kier molecular flexibility index (Phi) is 7.58. The lowest BCUT2D eigenvalue weighted by Crippen LogP contribution is -2.46. The minimum atomic E-state index is -1.42. The summed E-state index contributed by atoms with van der Waals surface area (Å²) >= 11 is 0. The molecule has 0 aliphatic carbocycles. The zero-order chi connectivity index (χ0) is 26.5. The lowest BCUT2D eigenvalue weighted by Gasteiger charge is -2.32. The standard InChI is InChI=1S/C28H46B2O4Si/c1-24(2)25(3,4)32-29(31-24)28(9,30-33-26(5,6)27(7,8)34-30)20-16-19-23(21-35(10,11)12)22-17-14-13-15-18-22/h13-18,20-21H,19H2,1-12H3/b20-16+,23-21-. The van der Waals surface area contributed by atoms with Crippen molar-refractivity contribution in [2.45, 2.75) is 116 Å². The van der Waals surface area contributed by atoms with Gasteiger partial charge in [0.15, 0.2) is 0 Å².